The van der Waals surface area contributed by atoms with Crippen molar-refractivity contribution in [3.05, 3.63) is 48.0 Å². The first-order valence-corrected chi connectivity index (χ1v) is 9.52. The highest BCUT2D eigenvalue weighted by Crippen LogP contribution is 2.28. The molecule has 1 aromatic heterocycles. The second-order valence-corrected chi connectivity index (χ2v) is 7.13. The number of carbonyl (C=O) groups is 1. The van der Waals surface area contributed by atoms with E-state index < -0.39 is 6.04 Å². The van der Waals surface area contributed by atoms with Crippen LogP contribution in [0.25, 0.3) is 10.2 Å². The quantitative estimate of drug-likeness (QED) is 0.469. The van der Waals surface area contributed by atoms with Crippen LogP contribution in [0.2, 0.25) is 0 Å². The van der Waals surface area contributed by atoms with Gasteiger partial charge in [-0.3, -0.25) is 4.79 Å². The summed E-state index contributed by atoms with van der Waals surface area (Å²) in [5.41, 5.74) is 4.98. The number of thiazole rings is 1. The number of methoxy groups -OCH3 is 2. The van der Waals surface area contributed by atoms with Gasteiger partial charge in [0.15, 0.2) is 16.6 Å². The molecule has 28 heavy (non-hydrogen) atoms. The van der Waals surface area contributed by atoms with Crippen LogP contribution in [0.4, 0.5) is 5.13 Å². The third kappa shape index (κ3) is 4.40. The number of benzene rings is 2. The molecule has 2 N–H and O–H groups in total. The molecule has 0 unspecified atom stereocenters. The minimum atomic E-state index is -0.484. The van der Waals surface area contributed by atoms with Crippen LogP contribution in [0.5, 0.6) is 11.5 Å². The third-order valence-corrected chi connectivity index (χ3v) is 5.13. The molecule has 0 aliphatic carbocycles. The molecule has 3 rings (SSSR count). The van der Waals surface area contributed by atoms with Gasteiger partial charge in [0.25, 0.3) is 5.91 Å². The van der Waals surface area contributed by atoms with E-state index in [4.69, 9.17) is 9.47 Å². The Kier molecular flexibility index (Phi) is 6.10. The Morgan fingerprint density at radius 1 is 1.14 bits per heavy atom. The molecule has 0 fully saturated rings. The van der Waals surface area contributed by atoms with Crippen LogP contribution < -0.4 is 20.2 Å². The summed E-state index contributed by atoms with van der Waals surface area (Å²) in [6, 6.07) is 12.8. The maximum Gasteiger partial charge on any atom is 0.262 e. The number of hydrogen-bond acceptors (Lipinski definition) is 7. The molecule has 1 heterocycles. The monoisotopic (exact) mass is 398 g/mol. The highest BCUT2D eigenvalue weighted by Gasteiger charge is 2.15. The zero-order chi connectivity index (χ0) is 20.1. The van der Waals surface area contributed by atoms with Crippen molar-refractivity contribution in [3.63, 3.8) is 0 Å². The number of ether oxygens (including phenoxy) is 2. The molecule has 0 radical (unpaired) electrons. The number of anilines is 1. The predicted molar refractivity (Wildman–Crippen MR) is 113 cm³/mol. The average Bonchev–Trinajstić information content (AvgIpc) is 3.13. The lowest BCUT2D eigenvalue weighted by atomic mass is 10.1. The Morgan fingerprint density at radius 3 is 2.61 bits per heavy atom. The number of hydrogen-bond donors (Lipinski definition) is 2. The maximum atomic E-state index is 12.4. The minimum absolute atomic E-state index is 0.251. The Bertz CT molecular complexity index is 983. The smallest absolute Gasteiger partial charge is 0.262 e. The van der Waals surface area contributed by atoms with Crippen molar-refractivity contribution in [2.75, 3.05) is 19.5 Å². The van der Waals surface area contributed by atoms with E-state index in [1.165, 1.54) is 11.3 Å². The number of nitrogens with one attached hydrogen (secondary N) is 2. The van der Waals surface area contributed by atoms with Gasteiger partial charge in [-0.05, 0) is 44.2 Å². The Morgan fingerprint density at radius 2 is 1.89 bits per heavy atom. The lowest BCUT2D eigenvalue weighted by molar-refractivity contribution is -0.121. The molecule has 0 aliphatic heterocycles. The van der Waals surface area contributed by atoms with Gasteiger partial charge < -0.3 is 14.8 Å². The molecule has 0 aliphatic rings. The van der Waals surface area contributed by atoms with Gasteiger partial charge >= 0.3 is 0 Å². The molecule has 1 atom stereocenters. The lowest BCUT2D eigenvalue weighted by Gasteiger charge is -2.12. The van der Waals surface area contributed by atoms with Crippen molar-refractivity contribution in [3.8, 4) is 11.5 Å². The van der Waals surface area contributed by atoms with Crippen molar-refractivity contribution < 1.29 is 14.3 Å². The predicted octanol–water partition coefficient (Wildman–Crippen LogP) is 3.65. The highest BCUT2D eigenvalue weighted by molar-refractivity contribution is 7.22. The molecule has 1 amide bonds. The SMILES string of the molecule is COc1ccc(/C(C)=N\NC(=O)[C@H](C)Nc2nc3ccccc3s2)cc1OC. The second kappa shape index (κ2) is 8.71. The molecular formula is C20H22N4O3S. The van der Waals surface area contributed by atoms with Gasteiger partial charge in [-0.25, -0.2) is 10.4 Å². The van der Waals surface area contributed by atoms with Crippen molar-refractivity contribution in [1.82, 2.24) is 10.4 Å². The largest absolute Gasteiger partial charge is 0.493 e. The summed E-state index contributed by atoms with van der Waals surface area (Å²) in [4.78, 5) is 16.9. The summed E-state index contributed by atoms with van der Waals surface area (Å²) >= 11 is 1.51. The molecule has 3 aromatic rings. The van der Waals surface area contributed by atoms with E-state index in [1.807, 2.05) is 43.3 Å². The summed E-state index contributed by atoms with van der Waals surface area (Å²) < 4.78 is 11.6. The van der Waals surface area contributed by atoms with Gasteiger partial charge in [-0.1, -0.05) is 23.5 Å². The maximum absolute atomic E-state index is 12.4. The summed E-state index contributed by atoms with van der Waals surface area (Å²) in [6.45, 7) is 3.58. The zero-order valence-corrected chi connectivity index (χ0v) is 17.0. The normalized spacial score (nSPS) is 12.5. The van der Waals surface area contributed by atoms with Gasteiger partial charge in [0.1, 0.15) is 6.04 Å². The number of hydrazone groups is 1. The average molecular weight is 398 g/mol. The first-order chi connectivity index (χ1) is 13.5. The summed E-state index contributed by atoms with van der Waals surface area (Å²) in [7, 11) is 3.16. The van der Waals surface area contributed by atoms with Gasteiger partial charge in [0.05, 0.1) is 30.1 Å². The Labute approximate surface area is 167 Å². The number of amides is 1. The second-order valence-electron chi connectivity index (χ2n) is 6.10. The molecule has 7 nitrogen and oxygen atoms in total. The lowest BCUT2D eigenvalue weighted by Crippen LogP contribution is -2.35. The number of para-hydroxylation sites is 1. The topological polar surface area (TPSA) is 84.8 Å². The van der Waals surface area contributed by atoms with E-state index in [1.54, 1.807) is 27.2 Å². The summed E-state index contributed by atoms with van der Waals surface area (Å²) in [5.74, 6) is 0.988. The summed E-state index contributed by atoms with van der Waals surface area (Å²) in [6.07, 6.45) is 0. The third-order valence-electron chi connectivity index (χ3n) is 4.16. The standard InChI is InChI=1S/C20H22N4O3S/c1-12(14-9-10-16(26-3)17(11-14)27-4)23-24-19(25)13(2)21-20-22-15-7-5-6-8-18(15)28-20/h5-11,13H,1-4H3,(H,21,22)(H,24,25)/b23-12-/t13-/m0/s1. The van der Waals surface area contributed by atoms with E-state index >= 15 is 0 Å². The minimum Gasteiger partial charge on any atom is -0.493 e. The first-order valence-electron chi connectivity index (χ1n) is 8.70. The van der Waals surface area contributed by atoms with Crippen LogP contribution in [-0.2, 0) is 4.79 Å². The number of aromatic nitrogens is 1. The molecule has 146 valence electrons. The first kappa shape index (κ1) is 19.6. The number of nitrogens with zero attached hydrogens (tertiary/aromatic N) is 2. The van der Waals surface area contributed by atoms with Crippen LogP contribution in [0.3, 0.4) is 0 Å². The van der Waals surface area contributed by atoms with Gasteiger partial charge in [-0.15, -0.1) is 0 Å². The van der Waals surface area contributed by atoms with Crippen molar-refractivity contribution >= 4 is 38.3 Å². The molecule has 0 bridgehead atoms. The van der Waals surface area contributed by atoms with E-state index in [-0.39, 0.29) is 5.91 Å². The van der Waals surface area contributed by atoms with E-state index in [0.717, 1.165) is 15.8 Å². The molecule has 2 aromatic carbocycles. The Hall–Kier alpha value is -3.13. The zero-order valence-electron chi connectivity index (χ0n) is 16.1. The fourth-order valence-electron chi connectivity index (χ4n) is 2.55. The van der Waals surface area contributed by atoms with Gasteiger partial charge in [-0.2, -0.15) is 5.10 Å². The van der Waals surface area contributed by atoms with Crippen LogP contribution in [0, 0.1) is 0 Å². The fourth-order valence-corrected chi connectivity index (χ4v) is 3.50. The molecular weight excluding hydrogens is 376 g/mol. The van der Waals surface area contributed by atoms with Crippen LogP contribution >= 0.6 is 11.3 Å². The summed E-state index contributed by atoms with van der Waals surface area (Å²) in [5, 5.41) is 8.01. The number of carbonyl (C=O) groups excluding carboxylic acids is 1. The molecule has 8 heteroatoms. The number of fused-ring (bicyclic) bond motifs is 1. The van der Waals surface area contributed by atoms with E-state index in [9.17, 15) is 4.79 Å². The molecule has 0 saturated heterocycles. The molecule has 0 saturated carbocycles. The van der Waals surface area contributed by atoms with Crippen molar-refractivity contribution in [2.45, 2.75) is 19.9 Å². The van der Waals surface area contributed by atoms with E-state index in [2.05, 4.69) is 20.8 Å². The van der Waals surface area contributed by atoms with Crippen molar-refractivity contribution in [2.24, 2.45) is 5.10 Å². The van der Waals surface area contributed by atoms with Gasteiger partial charge in [0, 0.05) is 5.56 Å². The highest BCUT2D eigenvalue weighted by atomic mass is 32.1. The molecule has 0 spiro atoms. The fraction of sp³-hybridized carbons (Fsp3) is 0.250. The van der Waals surface area contributed by atoms with Gasteiger partial charge in [0.2, 0.25) is 0 Å². The van der Waals surface area contributed by atoms with Crippen LogP contribution in [0.1, 0.15) is 19.4 Å². The number of rotatable bonds is 7. The van der Waals surface area contributed by atoms with Crippen molar-refractivity contribution in [1.29, 1.82) is 0 Å². The Balaban J connectivity index is 1.64. The van der Waals surface area contributed by atoms with E-state index in [0.29, 0.717) is 22.3 Å². The van der Waals surface area contributed by atoms with Crippen LogP contribution in [0.15, 0.2) is 47.6 Å². The van der Waals surface area contributed by atoms with Crippen LogP contribution in [-0.4, -0.2) is 36.9 Å².